The minimum absolute atomic E-state index is 0.682. The van der Waals surface area contributed by atoms with Gasteiger partial charge in [-0.15, -0.1) is 0 Å². The smallest absolute Gasteiger partial charge is 0.124 e. The van der Waals surface area contributed by atoms with E-state index in [1.165, 1.54) is 0 Å². The molecular formula is C13H15ClN2O. The van der Waals surface area contributed by atoms with Gasteiger partial charge in [0.1, 0.15) is 5.75 Å². The molecule has 4 heteroatoms. The van der Waals surface area contributed by atoms with Crippen molar-refractivity contribution in [1.82, 2.24) is 10.3 Å². The number of nitrogens with one attached hydrogen (secondary N) is 2. The minimum Gasteiger partial charge on any atom is -0.496 e. The quantitative estimate of drug-likeness (QED) is 0.856. The van der Waals surface area contributed by atoms with Crippen LogP contribution in [0.4, 0.5) is 0 Å². The topological polar surface area (TPSA) is 37.0 Å². The highest BCUT2D eigenvalue weighted by Gasteiger charge is 2.06. The number of H-pyrrole nitrogens is 1. The van der Waals surface area contributed by atoms with E-state index in [2.05, 4.69) is 10.3 Å². The van der Waals surface area contributed by atoms with Crippen molar-refractivity contribution >= 4 is 11.6 Å². The molecule has 1 aromatic heterocycles. The molecule has 0 atom stereocenters. The molecule has 90 valence electrons. The van der Waals surface area contributed by atoms with Gasteiger partial charge in [0.15, 0.2) is 0 Å². The zero-order valence-electron chi connectivity index (χ0n) is 9.66. The van der Waals surface area contributed by atoms with E-state index in [1.54, 1.807) is 7.11 Å². The third-order valence-electron chi connectivity index (χ3n) is 2.58. The second-order valence-corrected chi connectivity index (χ2v) is 4.13. The van der Waals surface area contributed by atoms with Gasteiger partial charge >= 0.3 is 0 Å². The summed E-state index contributed by atoms with van der Waals surface area (Å²) >= 11 is 6.14. The predicted molar refractivity (Wildman–Crippen MR) is 69.3 cm³/mol. The van der Waals surface area contributed by atoms with Crippen LogP contribution in [0.25, 0.3) is 0 Å². The molecule has 0 saturated carbocycles. The Hall–Kier alpha value is -1.45. The van der Waals surface area contributed by atoms with Crippen LogP contribution in [0.3, 0.4) is 0 Å². The number of halogens is 1. The lowest BCUT2D eigenvalue weighted by atomic mass is 10.2. The van der Waals surface area contributed by atoms with Crippen LogP contribution in [-0.4, -0.2) is 12.1 Å². The van der Waals surface area contributed by atoms with E-state index in [0.29, 0.717) is 6.54 Å². The molecule has 0 spiro atoms. The van der Waals surface area contributed by atoms with Gasteiger partial charge in [0.2, 0.25) is 0 Å². The Kier molecular flexibility index (Phi) is 4.07. The first-order valence-electron chi connectivity index (χ1n) is 5.45. The molecule has 0 bridgehead atoms. The summed E-state index contributed by atoms with van der Waals surface area (Å²) in [4.78, 5) is 3.14. The third-order valence-corrected chi connectivity index (χ3v) is 2.93. The summed E-state index contributed by atoms with van der Waals surface area (Å²) in [6, 6.07) is 9.69. The molecule has 2 rings (SSSR count). The Morgan fingerprint density at radius 3 is 2.82 bits per heavy atom. The summed E-state index contributed by atoms with van der Waals surface area (Å²) in [5, 5.41) is 4.05. The Labute approximate surface area is 106 Å². The molecule has 2 aromatic rings. The highest BCUT2D eigenvalue weighted by atomic mass is 35.5. The van der Waals surface area contributed by atoms with E-state index in [0.717, 1.165) is 28.6 Å². The predicted octanol–water partition coefficient (Wildman–Crippen LogP) is 2.97. The number of ether oxygens (including phenoxy) is 1. The molecule has 0 amide bonds. The maximum absolute atomic E-state index is 6.14. The third kappa shape index (κ3) is 3.02. The fourth-order valence-corrected chi connectivity index (χ4v) is 1.93. The van der Waals surface area contributed by atoms with E-state index in [-0.39, 0.29) is 0 Å². The molecule has 0 fully saturated rings. The van der Waals surface area contributed by atoms with E-state index < -0.39 is 0 Å². The van der Waals surface area contributed by atoms with E-state index in [4.69, 9.17) is 16.3 Å². The van der Waals surface area contributed by atoms with Crippen LogP contribution in [-0.2, 0) is 13.1 Å². The monoisotopic (exact) mass is 250 g/mol. The summed E-state index contributed by atoms with van der Waals surface area (Å²) in [5.41, 5.74) is 2.14. The van der Waals surface area contributed by atoms with E-state index in [9.17, 15) is 0 Å². The van der Waals surface area contributed by atoms with Gasteiger partial charge in [0.25, 0.3) is 0 Å². The molecule has 17 heavy (non-hydrogen) atoms. The molecule has 0 aliphatic heterocycles. The van der Waals surface area contributed by atoms with Gasteiger partial charge < -0.3 is 15.0 Å². The molecule has 0 aliphatic rings. The number of benzene rings is 1. The lowest BCUT2D eigenvalue weighted by Crippen LogP contribution is -2.13. The zero-order valence-corrected chi connectivity index (χ0v) is 10.4. The van der Waals surface area contributed by atoms with Crippen molar-refractivity contribution in [3.63, 3.8) is 0 Å². The molecule has 0 saturated heterocycles. The van der Waals surface area contributed by atoms with Crippen molar-refractivity contribution in [2.24, 2.45) is 0 Å². The van der Waals surface area contributed by atoms with Gasteiger partial charge in [-0.05, 0) is 24.3 Å². The fourth-order valence-electron chi connectivity index (χ4n) is 1.70. The largest absolute Gasteiger partial charge is 0.496 e. The van der Waals surface area contributed by atoms with Crippen LogP contribution >= 0.6 is 11.6 Å². The number of aromatic nitrogens is 1. The Morgan fingerprint density at radius 1 is 1.24 bits per heavy atom. The molecule has 3 nitrogen and oxygen atoms in total. The number of hydrogen-bond donors (Lipinski definition) is 2. The zero-order chi connectivity index (χ0) is 12.1. The number of hydrogen-bond acceptors (Lipinski definition) is 2. The molecule has 1 heterocycles. The summed E-state index contributed by atoms with van der Waals surface area (Å²) in [5.74, 6) is 0.816. The summed E-state index contributed by atoms with van der Waals surface area (Å²) < 4.78 is 5.28. The van der Waals surface area contributed by atoms with Gasteiger partial charge in [-0.3, -0.25) is 0 Å². The van der Waals surface area contributed by atoms with Crippen molar-refractivity contribution in [3.05, 3.63) is 52.8 Å². The molecule has 0 unspecified atom stereocenters. The lowest BCUT2D eigenvalue weighted by molar-refractivity contribution is 0.407. The second kappa shape index (κ2) is 5.75. The standard InChI is InChI=1S/C13H15ClN2O/c1-17-13-6-2-5-12(14)11(13)9-15-8-10-4-3-7-16-10/h2-7,15-16H,8-9H2,1H3. The van der Waals surface area contributed by atoms with Crippen LogP contribution in [0.5, 0.6) is 5.75 Å². The lowest BCUT2D eigenvalue weighted by Gasteiger charge is -2.10. The van der Waals surface area contributed by atoms with Crippen molar-refractivity contribution < 1.29 is 4.74 Å². The van der Waals surface area contributed by atoms with Crippen LogP contribution in [0.15, 0.2) is 36.5 Å². The molecule has 1 aromatic carbocycles. The molecular weight excluding hydrogens is 236 g/mol. The number of aromatic amines is 1. The van der Waals surface area contributed by atoms with Crippen molar-refractivity contribution in [2.45, 2.75) is 13.1 Å². The van der Waals surface area contributed by atoms with Crippen molar-refractivity contribution in [1.29, 1.82) is 0 Å². The second-order valence-electron chi connectivity index (χ2n) is 3.72. The summed E-state index contributed by atoms with van der Waals surface area (Å²) in [6.45, 7) is 1.46. The van der Waals surface area contributed by atoms with Crippen LogP contribution in [0, 0.1) is 0 Å². The SMILES string of the molecule is COc1cccc(Cl)c1CNCc1ccc[nH]1. The average molecular weight is 251 g/mol. The first-order chi connectivity index (χ1) is 8.31. The first kappa shape index (κ1) is 12.0. The van der Waals surface area contributed by atoms with Gasteiger partial charge in [-0.1, -0.05) is 17.7 Å². The molecule has 0 radical (unpaired) electrons. The first-order valence-corrected chi connectivity index (χ1v) is 5.83. The Bertz CT molecular complexity index is 468. The number of methoxy groups -OCH3 is 1. The van der Waals surface area contributed by atoms with Crippen molar-refractivity contribution in [2.75, 3.05) is 7.11 Å². The van der Waals surface area contributed by atoms with Crippen molar-refractivity contribution in [3.8, 4) is 5.75 Å². The van der Waals surface area contributed by atoms with Gasteiger partial charge in [0.05, 0.1) is 7.11 Å². The number of rotatable bonds is 5. The highest BCUT2D eigenvalue weighted by molar-refractivity contribution is 6.31. The van der Waals surface area contributed by atoms with Gasteiger partial charge in [-0.25, -0.2) is 0 Å². The fraction of sp³-hybridized carbons (Fsp3) is 0.231. The van der Waals surface area contributed by atoms with Gasteiger partial charge in [-0.2, -0.15) is 0 Å². The summed E-state index contributed by atoms with van der Waals surface area (Å²) in [7, 11) is 1.65. The average Bonchev–Trinajstić information content (AvgIpc) is 2.84. The highest BCUT2D eigenvalue weighted by Crippen LogP contribution is 2.25. The van der Waals surface area contributed by atoms with E-state index >= 15 is 0 Å². The minimum atomic E-state index is 0.682. The van der Waals surface area contributed by atoms with Crippen LogP contribution in [0.1, 0.15) is 11.3 Å². The van der Waals surface area contributed by atoms with Crippen LogP contribution < -0.4 is 10.1 Å². The van der Waals surface area contributed by atoms with Crippen LogP contribution in [0.2, 0.25) is 5.02 Å². The van der Waals surface area contributed by atoms with E-state index in [1.807, 2.05) is 36.5 Å². The maximum atomic E-state index is 6.14. The normalized spacial score (nSPS) is 10.5. The maximum Gasteiger partial charge on any atom is 0.124 e. The Morgan fingerprint density at radius 2 is 2.12 bits per heavy atom. The van der Waals surface area contributed by atoms with Gasteiger partial charge in [0, 0.05) is 35.6 Å². The summed E-state index contributed by atoms with van der Waals surface area (Å²) in [6.07, 6.45) is 1.91. The molecule has 2 N–H and O–H groups in total. The molecule has 0 aliphatic carbocycles. The Balaban J connectivity index is 1.98.